The van der Waals surface area contributed by atoms with E-state index in [2.05, 4.69) is 5.43 Å². The molecule has 5 aromatic carbocycles. The van der Waals surface area contributed by atoms with Gasteiger partial charge < -0.3 is 5.11 Å². The highest BCUT2D eigenvalue weighted by atomic mass is 16.6. The monoisotopic (exact) mass is 718 g/mol. The highest BCUT2D eigenvalue weighted by Crippen LogP contribution is 2.65. The van der Waals surface area contributed by atoms with Gasteiger partial charge in [0.1, 0.15) is 5.75 Å². The number of imide groups is 2. The maximum atomic E-state index is 15.4. The number of hydrazine groups is 1. The number of aryl methyl sites for hydroxylation is 1. The summed E-state index contributed by atoms with van der Waals surface area (Å²) in [5, 5.41) is 26.0. The number of benzene rings is 5. The number of hydrogen-bond acceptors (Lipinski definition) is 8. The first-order valence-electron chi connectivity index (χ1n) is 17.9. The zero-order chi connectivity index (χ0) is 37.5. The number of fused-ring (bicyclic) bond motifs is 5. The molecule has 11 nitrogen and oxygen atoms in total. The molecule has 2 N–H and O–H groups in total. The van der Waals surface area contributed by atoms with Gasteiger partial charge in [-0.1, -0.05) is 96.1 Å². The van der Waals surface area contributed by atoms with Gasteiger partial charge in [0.25, 0.3) is 17.5 Å². The van der Waals surface area contributed by atoms with Crippen molar-refractivity contribution >= 4 is 51.5 Å². The van der Waals surface area contributed by atoms with E-state index in [0.29, 0.717) is 27.8 Å². The first kappa shape index (κ1) is 33.2. The smallest absolute Gasteiger partial charge is 0.269 e. The number of phenols is 1. The van der Waals surface area contributed by atoms with Gasteiger partial charge in [-0.05, 0) is 60.9 Å². The van der Waals surface area contributed by atoms with Crippen molar-refractivity contribution in [2.45, 2.75) is 31.1 Å². The fraction of sp³-hybridized carbons (Fsp3) is 0.209. The number of nitrogens with zero attached hydrogens (tertiary/aromatic N) is 3. The number of allylic oxidation sites excluding steroid dienone is 2. The summed E-state index contributed by atoms with van der Waals surface area (Å²) < 4.78 is 0. The topological polar surface area (TPSA) is 150 Å². The third kappa shape index (κ3) is 4.67. The minimum Gasteiger partial charge on any atom is -0.507 e. The van der Waals surface area contributed by atoms with E-state index in [1.165, 1.54) is 24.3 Å². The van der Waals surface area contributed by atoms with Crippen LogP contribution in [0.4, 0.5) is 17.1 Å². The molecule has 6 unspecified atom stereocenters. The Balaban J connectivity index is 1.24. The lowest BCUT2D eigenvalue weighted by Crippen LogP contribution is -2.53. The predicted molar refractivity (Wildman–Crippen MR) is 200 cm³/mol. The third-order valence-electron chi connectivity index (χ3n) is 12.0. The van der Waals surface area contributed by atoms with Gasteiger partial charge in [0.15, 0.2) is 0 Å². The molecule has 11 heteroatoms. The number of rotatable bonds is 6. The number of carbonyl (C=O) groups excluding carboxylic acids is 4. The van der Waals surface area contributed by atoms with Crippen molar-refractivity contribution in [1.29, 1.82) is 0 Å². The summed E-state index contributed by atoms with van der Waals surface area (Å²) in [5.41, 5.74) is 4.92. The number of amides is 4. The lowest BCUT2D eigenvalue weighted by atomic mass is 9.49. The van der Waals surface area contributed by atoms with Gasteiger partial charge in [0.05, 0.1) is 39.5 Å². The minimum atomic E-state index is -1.53. The van der Waals surface area contributed by atoms with E-state index in [1.807, 2.05) is 79.7 Å². The number of non-ortho nitro benzene ring substituents is 1. The van der Waals surface area contributed by atoms with Gasteiger partial charge in [0, 0.05) is 29.0 Å². The number of aromatic hydroxyl groups is 1. The largest absolute Gasteiger partial charge is 0.507 e. The van der Waals surface area contributed by atoms with Crippen LogP contribution in [0.5, 0.6) is 5.75 Å². The molecule has 0 spiro atoms. The molecule has 2 saturated heterocycles. The van der Waals surface area contributed by atoms with Crippen LogP contribution in [0, 0.1) is 40.7 Å². The third-order valence-corrected chi connectivity index (χ3v) is 12.0. The lowest BCUT2D eigenvalue weighted by Gasteiger charge is -2.50. The Hall–Kier alpha value is -6.62. The van der Waals surface area contributed by atoms with Gasteiger partial charge in [-0.15, -0.1) is 0 Å². The average Bonchev–Trinajstić information content (AvgIpc) is 3.57. The Morgan fingerprint density at radius 1 is 0.796 bits per heavy atom. The number of hydrogen-bond donors (Lipinski definition) is 2. The van der Waals surface area contributed by atoms with Crippen molar-refractivity contribution in [3.63, 3.8) is 0 Å². The highest BCUT2D eigenvalue weighted by Gasteiger charge is 2.70. The quantitative estimate of drug-likeness (QED) is 0.0829. The molecular weight excluding hydrogens is 684 g/mol. The number of phenolic OH excluding ortho intramolecular Hbond substituents is 1. The van der Waals surface area contributed by atoms with Crippen LogP contribution in [-0.2, 0) is 24.6 Å². The SMILES string of the molecule is Cc1ccc(NN2C(=O)C3CC4C(=CCC5C(=O)N(c6ccc([N+](=O)[O-])cc6)C(=O)C54)C(c4ccc5ccccc5c4O)C3(c3ccccc3)C2=O)cc1. The standard InChI is InChI=1S/C43H34N4O7/c1-24-11-14-27(15-12-24)44-46-40(50)35-23-34-31(21-22-32-36(34)41(51)45(39(32)49)28-16-18-29(19-17-28)47(53)54)37(43(35,42(46)52)26-8-3-2-4-9-26)33-20-13-25-7-5-6-10-30(25)38(33)48/h2-21,32,34-37,44,48H,22-23H2,1H3. The van der Waals surface area contributed by atoms with Crippen LogP contribution >= 0.6 is 0 Å². The van der Waals surface area contributed by atoms with Crippen LogP contribution in [-0.4, -0.2) is 38.7 Å². The Morgan fingerprint density at radius 2 is 1.50 bits per heavy atom. The molecule has 268 valence electrons. The van der Waals surface area contributed by atoms with Gasteiger partial charge in [-0.2, -0.15) is 5.01 Å². The van der Waals surface area contributed by atoms with Crippen molar-refractivity contribution in [3.8, 4) is 5.75 Å². The first-order valence-corrected chi connectivity index (χ1v) is 17.9. The maximum Gasteiger partial charge on any atom is 0.269 e. The molecule has 4 aliphatic rings. The first-order chi connectivity index (χ1) is 26.1. The Kier molecular flexibility index (Phi) is 7.53. The molecule has 0 radical (unpaired) electrons. The van der Waals surface area contributed by atoms with Crippen LogP contribution in [0.3, 0.4) is 0 Å². The van der Waals surface area contributed by atoms with E-state index in [9.17, 15) is 29.6 Å². The van der Waals surface area contributed by atoms with Crippen LogP contribution in [0.25, 0.3) is 10.8 Å². The van der Waals surface area contributed by atoms with E-state index < -0.39 is 63.6 Å². The van der Waals surface area contributed by atoms with E-state index in [-0.39, 0.29) is 30.0 Å². The fourth-order valence-corrected chi connectivity index (χ4v) is 9.57. The molecule has 0 bridgehead atoms. The predicted octanol–water partition coefficient (Wildman–Crippen LogP) is 6.95. The molecule has 4 amide bonds. The molecule has 6 atom stereocenters. The van der Waals surface area contributed by atoms with Gasteiger partial charge in [0.2, 0.25) is 11.8 Å². The molecule has 2 aliphatic carbocycles. The lowest BCUT2D eigenvalue weighted by molar-refractivity contribution is -0.384. The van der Waals surface area contributed by atoms with Gasteiger partial charge in [-0.25, -0.2) is 0 Å². The second kappa shape index (κ2) is 12.2. The summed E-state index contributed by atoms with van der Waals surface area (Å²) in [6.45, 7) is 1.94. The summed E-state index contributed by atoms with van der Waals surface area (Å²) in [4.78, 5) is 70.8. The summed E-state index contributed by atoms with van der Waals surface area (Å²) in [6.07, 6.45) is 2.22. The molecular formula is C43H34N4O7. The average molecular weight is 719 g/mol. The maximum absolute atomic E-state index is 15.4. The highest BCUT2D eigenvalue weighted by molar-refractivity contribution is 6.22. The number of nitro groups is 1. The fourth-order valence-electron chi connectivity index (χ4n) is 9.57. The second-order valence-corrected chi connectivity index (χ2v) is 14.6. The van der Waals surface area contributed by atoms with E-state index in [4.69, 9.17) is 0 Å². The van der Waals surface area contributed by atoms with Crippen molar-refractivity contribution in [1.82, 2.24) is 5.01 Å². The van der Waals surface area contributed by atoms with Crippen molar-refractivity contribution in [2.24, 2.45) is 23.7 Å². The van der Waals surface area contributed by atoms with Crippen LogP contribution in [0.2, 0.25) is 0 Å². The van der Waals surface area contributed by atoms with Crippen molar-refractivity contribution in [3.05, 3.63) is 154 Å². The number of anilines is 2. The molecule has 9 rings (SSSR count). The number of nitro benzene ring substituents is 1. The number of carbonyl (C=O) groups is 4. The molecule has 2 aliphatic heterocycles. The second-order valence-electron chi connectivity index (χ2n) is 14.6. The van der Waals surface area contributed by atoms with Crippen LogP contribution in [0.1, 0.15) is 35.4 Å². The Morgan fingerprint density at radius 3 is 2.22 bits per heavy atom. The summed E-state index contributed by atoms with van der Waals surface area (Å²) >= 11 is 0. The molecule has 3 fully saturated rings. The molecule has 1 saturated carbocycles. The zero-order valence-corrected chi connectivity index (χ0v) is 29.1. The summed E-state index contributed by atoms with van der Waals surface area (Å²) in [5.74, 6) is -6.00. The van der Waals surface area contributed by atoms with E-state index in [0.717, 1.165) is 20.9 Å². The molecule has 2 heterocycles. The van der Waals surface area contributed by atoms with E-state index >= 15 is 4.79 Å². The normalized spacial score (nSPS) is 26.0. The van der Waals surface area contributed by atoms with Crippen molar-refractivity contribution < 1.29 is 29.2 Å². The minimum absolute atomic E-state index is 0.0256. The number of nitrogens with one attached hydrogen (secondary N) is 1. The molecule has 0 aromatic heterocycles. The molecule has 5 aromatic rings. The molecule has 54 heavy (non-hydrogen) atoms. The van der Waals surface area contributed by atoms with Crippen LogP contribution in [0.15, 0.2) is 127 Å². The zero-order valence-electron chi connectivity index (χ0n) is 29.1. The van der Waals surface area contributed by atoms with E-state index in [1.54, 1.807) is 24.3 Å². The Bertz CT molecular complexity index is 2450. The van der Waals surface area contributed by atoms with Gasteiger partial charge >= 0.3 is 0 Å². The van der Waals surface area contributed by atoms with Crippen molar-refractivity contribution in [2.75, 3.05) is 10.3 Å². The summed E-state index contributed by atoms with van der Waals surface area (Å²) in [7, 11) is 0. The van der Waals surface area contributed by atoms with Crippen LogP contribution < -0.4 is 10.3 Å². The Labute approximate surface area is 309 Å². The summed E-state index contributed by atoms with van der Waals surface area (Å²) in [6, 6.07) is 32.9. The van der Waals surface area contributed by atoms with Gasteiger partial charge in [-0.3, -0.25) is 39.6 Å².